The number of carbonyl (C=O) groups is 2. The lowest BCUT2D eigenvalue weighted by Gasteiger charge is -2.36. The Morgan fingerprint density at radius 3 is 2.97 bits per heavy atom. The predicted octanol–water partition coefficient (Wildman–Crippen LogP) is 0.941. The van der Waals surface area contributed by atoms with E-state index in [-0.39, 0.29) is 23.9 Å². The smallest absolute Gasteiger partial charge is 0.234 e. The number of aliphatic hydroxyl groups excluding tert-OH is 1. The minimum atomic E-state index is -0.650. The third kappa shape index (κ3) is 4.04. The molecule has 1 aromatic heterocycles. The third-order valence-electron chi connectivity index (χ3n) is 6.47. The first kappa shape index (κ1) is 21.1. The molecule has 162 valence electrons. The summed E-state index contributed by atoms with van der Waals surface area (Å²) < 4.78 is 1.99. The van der Waals surface area contributed by atoms with Crippen molar-refractivity contribution in [2.24, 2.45) is 7.05 Å². The van der Waals surface area contributed by atoms with Crippen molar-refractivity contribution in [3.05, 3.63) is 29.0 Å². The molecule has 2 aliphatic rings. The summed E-state index contributed by atoms with van der Waals surface area (Å²) in [5, 5.41) is 14.3. The summed E-state index contributed by atoms with van der Waals surface area (Å²) in [7, 11) is 3.70. The maximum absolute atomic E-state index is 12.8. The van der Waals surface area contributed by atoms with Gasteiger partial charge >= 0.3 is 0 Å². The van der Waals surface area contributed by atoms with Gasteiger partial charge < -0.3 is 19.9 Å². The number of rotatable bonds is 5. The summed E-state index contributed by atoms with van der Waals surface area (Å²) in [5.74, 6) is 0.810. The summed E-state index contributed by atoms with van der Waals surface area (Å²) in [6.45, 7) is 1.64. The molecule has 0 radical (unpaired) electrons. The van der Waals surface area contributed by atoms with Gasteiger partial charge in [-0.1, -0.05) is 11.6 Å². The summed E-state index contributed by atoms with van der Waals surface area (Å²) >= 11 is 6.05. The second kappa shape index (κ2) is 8.53. The second-order valence-corrected chi connectivity index (χ2v) is 8.68. The Morgan fingerprint density at radius 2 is 2.20 bits per heavy atom. The standard InChI is InChI=1S/C21H28ClN5O3/c1-25-15-4-3-13(22)11-14(15)24-18(25)7-8-20(29)26(2)16-5-6-17(21(16)30)27-10-9-23-19(28)12-27/h3-4,11,16-17,21,30H,5-10,12H2,1-2H3,(H,23,28)/t16-,17-,21-/m1/s1. The van der Waals surface area contributed by atoms with E-state index in [4.69, 9.17) is 11.6 Å². The number of aryl methyl sites for hydroxylation is 2. The largest absolute Gasteiger partial charge is 0.389 e. The summed E-state index contributed by atoms with van der Waals surface area (Å²) in [5.41, 5.74) is 1.80. The monoisotopic (exact) mass is 433 g/mol. The van der Waals surface area contributed by atoms with Crippen LogP contribution < -0.4 is 5.32 Å². The van der Waals surface area contributed by atoms with Gasteiger partial charge in [-0.15, -0.1) is 0 Å². The lowest BCUT2D eigenvalue weighted by Crippen LogP contribution is -2.55. The Bertz CT molecular complexity index is 962. The Labute approximate surface area is 180 Å². The van der Waals surface area contributed by atoms with Crippen LogP contribution in [0.25, 0.3) is 11.0 Å². The van der Waals surface area contributed by atoms with Gasteiger partial charge in [-0.05, 0) is 31.0 Å². The van der Waals surface area contributed by atoms with Crippen molar-refractivity contribution in [2.75, 3.05) is 26.7 Å². The number of hydrogen-bond acceptors (Lipinski definition) is 5. The number of nitrogens with one attached hydrogen (secondary N) is 1. The third-order valence-corrected chi connectivity index (χ3v) is 6.71. The van der Waals surface area contributed by atoms with Crippen LogP contribution in [0.5, 0.6) is 0 Å². The van der Waals surface area contributed by atoms with E-state index >= 15 is 0 Å². The van der Waals surface area contributed by atoms with E-state index in [0.717, 1.165) is 36.2 Å². The van der Waals surface area contributed by atoms with Crippen LogP contribution in [0.1, 0.15) is 25.1 Å². The fraction of sp³-hybridized carbons (Fsp3) is 0.571. The van der Waals surface area contributed by atoms with Crippen molar-refractivity contribution in [1.29, 1.82) is 0 Å². The van der Waals surface area contributed by atoms with Gasteiger partial charge in [-0.3, -0.25) is 14.5 Å². The van der Waals surface area contributed by atoms with Crippen LogP contribution in [0.4, 0.5) is 0 Å². The summed E-state index contributed by atoms with van der Waals surface area (Å²) in [6, 6.07) is 5.27. The number of imidazole rings is 1. The van der Waals surface area contributed by atoms with Crippen molar-refractivity contribution in [2.45, 2.75) is 43.9 Å². The molecule has 8 nitrogen and oxygen atoms in total. The Balaban J connectivity index is 1.37. The number of fused-ring (bicyclic) bond motifs is 1. The molecule has 2 fully saturated rings. The molecule has 2 amide bonds. The Hall–Kier alpha value is -2.16. The quantitative estimate of drug-likeness (QED) is 0.732. The zero-order valence-electron chi connectivity index (χ0n) is 17.3. The van der Waals surface area contributed by atoms with Crippen LogP contribution in [-0.4, -0.2) is 81.1 Å². The molecule has 1 saturated heterocycles. The highest BCUT2D eigenvalue weighted by Gasteiger charge is 2.42. The average molecular weight is 434 g/mol. The van der Waals surface area contributed by atoms with E-state index < -0.39 is 6.10 Å². The van der Waals surface area contributed by atoms with Gasteiger partial charge in [0.15, 0.2) is 0 Å². The fourth-order valence-electron chi connectivity index (χ4n) is 4.73. The SMILES string of the molecule is CN(C(=O)CCc1nc2cc(Cl)ccc2n1C)[C@@H]1CC[C@@H](N2CCNC(=O)C2)[C@@H]1O. The first-order valence-electron chi connectivity index (χ1n) is 10.4. The number of nitrogens with zero attached hydrogens (tertiary/aromatic N) is 4. The predicted molar refractivity (Wildman–Crippen MR) is 114 cm³/mol. The molecule has 1 saturated carbocycles. The van der Waals surface area contributed by atoms with Crippen molar-refractivity contribution < 1.29 is 14.7 Å². The van der Waals surface area contributed by atoms with Gasteiger partial charge in [0, 0.05) is 51.1 Å². The number of halogens is 1. The molecule has 2 aromatic rings. The molecule has 9 heteroatoms. The molecule has 0 spiro atoms. The van der Waals surface area contributed by atoms with Crippen LogP contribution in [0, 0.1) is 0 Å². The fourth-order valence-corrected chi connectivity index (χ4v) is 4.90. The first-order chi connectivity index (χ1) is 14.3. The molecule has 4 rings (SSSR count). The Morgan fingerprint density at radius 1 is 1.40 bits per heavy atom. The topological polar surface area (TPSA) is 90.7 Å². The normalized spacial score (nSPS) is 24.9. The number of amides is 2. The van der Waals surface area contributed by atoms with E-state index in [9.17, 15) is 14.7 Å². The number of piperazine rings is 1. The molecule has 1 aliphatic carbocycles. The molecule has 30 heavy (non-hydrogen) atoms. The maximum Gasteiger partial charge on any atom is 0.234 e. The van der Waals surface area contributed by atoms with Gasteiger partial charge in [0.1, 0.15) is 5.82 Å². The second-order valence-electron chi connectivity index (χ2n) is 8.25. The van der Waals surface area contributed by atoms with E-state index in [1.54, 1.807) is 11.9 Å². The highest BCUT2D eigenvalue weighted by molar-refractivity contribution is 6.31. The van der Waals surface area contributed by atoms with Crippen LogP contribution >= 0.6 is 11.6 Å². The summed E-state index contributed by atoms with van der Waals surface area (Å²) in [4.78, 5) is 32.8. The van der Waals surface area contributed by atoms with Crippen molar-refractivity contribution in [3.8, 4) is 0 Å². The van der Waals surface area contributed by atoms with Crippen LogP contribution in [0.2, 0.25) is 5.02 Å². The van der Waals surface area contributed by atoms with Crippen LogP contribution in [-0.2, 0) is 23.1 Å². The minimum absolute atomic E-state index is 0.00919. The molecule has 1 aliphatic heterocycles. The number of aliphatic hydroxyl groups is 1. The molecule has 0 bridgehead atoms. The lowest BCUT2D eigenvalue weighted by atomic mass is 10.1. The van der Waals surface area contributed by atoms with Crippen LogP contribution in [0.15, 0.2) is 18.2 Å². The van der Waals surface area contributed by atoms with Gasteiger partial charge in [0.05, 0.1) is 29.7 Å². The number of benzene rings is 1. The lowest BCUT2D eigenvalue weighted by molar-refractivity contribution is -0.135. The average Bonchev–Trinajstić information content (AvgIpc) is 3.25. The van der Waals surface area contributed by atoms with Gasteiger partial charge in [-0.25, -0.2) is 4.98 Å². The van der Waals surface area contributed by atoms with Crippen molar-refractivity contribution in [1.82, 2.24) is 24.7 Å². The highest BCUT2D eigenvalue weighted by atomic mass is 35.5. The van der Waals surface area contributed by atoms with Crippen LogP contribution in [0.3, 0.4) is 0 Å². The van der Waals surface area contributed by atoms with Gasteiger partial charge in [0.25, 0.3) is 0 Å². The van der Waals surface area contributed by atoms with Gasteiger partial charge in [-0.2, -0.15) is 0 Å². The molecule has 2 N–H and O–H groups in total. The molecule has 1 aromatic carbocycles. The first-order valence-corrected chi connectivity index (χ1v) is 10.8. The molecular weight excluding hydrogens is 406 g/mol. The van der Waals surface area contributed by atoms with E-state index in [1.165, 1.54) is 0 Å². The number of carbonyl (C=O) groups excluding carboxylic acids is 2. The van der Waals surface area contributed by atoms with E-state index in [1.807, 2.05) is 34.7 Å². The zero-order chi connectivity index (χ0) is 21.4. The number of aromatic nitrogens is 2. The molecule has 0 unspecified atom stereocenters. The van der Waals surface area contributed by atoms with Crippen molar-refractivity contribution >= 4 is 34.4 Å². The molecule has 3 atom stereocenters. The van der Waals surface area contributed by atoms with Crippen molar-refractivity contribution in [3.63, 3.8) is 0 Å². The Kier molecular flexibility index (Phi) is 5.99. The molecule has 2 heterocycles. The number of likely N-dealkylation sites (N-methyl/N-ethyl adjacent to an activating group) is 1. The summed E-state index contributed by atoms with van der Waals surface area (Å²) in [6.07, 6.45) is 1.70. The maximum atomic E-state index is 12.8. The van der Waals surface area contributed by atoms with E-state index in [2.05, 4.69) is 10.3 Å². The van der Waals surface area contributed by atoms with Gasteiger partial charge in [0.2, 0.25) is 11.8 Å². The highest BCUT2D eigenvalue weighted by Crippen LogP contribution is 2.29. The molecular formula is C21H28ClN5O3. The van der Waals surface area contributed by atoms with E-state index in [0.29, 0.717) is 31.0 Å². The number of hydrogen-bond donors (Lipinski definition) is 2. The zero-order valence-corrected chi connectivity index (χ0v) is 18.1. The minimum Gasteiger partial charge on any atom is -0.389 e.